The summed E-state index contributed by atoms with van der Waals surface area (Å²) in [5.74, 6) is 0. The fraction of sp³-hybridized carbons (Fsp3) is 1.00. The van der Waals surface area contributed by atoms with Gasteiger partial charge in [0.05, 0.1) is 5.60 Å². The minimum atomic E-state index is -0.129. The molecule has 0 aliphatic rings. The summed E-state index contributed by atoms with van der Waals surface area (Å²) in [6.07, 6.45) is 0. The molecule has 0 aromatic rings. The molecule has 0 atom stereocenters. The van der Waals surface area contributed by atoms with Crippen molar-refractivity contribution in [2.45, 2.75) is 53.2 Å². The number of rotatable bonds is 5. The van der Waals surface area contributed by atoms with E-state index in [1.165, 1.54) is 0 Å². The second-order valence-corrected chi connectivity index (χ2v) is 4.33. The van der Waals surface area contributed by atoms with Crippen LogP contribution in [0.4, 0.5) is 0 Å². The highest BCUT2D eigenvalue weighted by Crippen LogP contribution is 2.07. The largest absolute Gasteiger partial charge is 0.348 e. The second kappa shape index (κ2) is 5.58. The van der Waals surface area contributed by atoms with E-state index >= 15 is 0 Å². The normalized spacial score (nSPS) is 12.9. The van der Waals surface area contributed by atoms with Crippen molar-refractivity contribution in [1.29, 1.82) is 0 Å². The molecule has 0 heterocycles. The van der Waals surface area contributed by atoms with Crippen molar-refractivity contribution < 1.29 is 9.57 Å². The van der Waals surface area contributed by atoms with Crippen LogP contribution in [0.5, 0.6) is 0 Å². The van der Waals surface area contributed by atoms with E-state index in [0.717, 1.165) is 6.54 Å². The molecule has 0 saturated carbocycles. The summed E-state index contributed by atoms with van der Waals surface area (Å²) in [6.45, 7) is 13.5. The van der Waals surface area contributed by atoms with Gasteiger partial charge in [-0.05, 0) is 34.6 Å². The Hall–Kier alpha value is -0.120. The molecule has 0 spiro atoms. The molecule has 0 bridgehead atoms. The highest BCUT2D eigenvalue weighted by Gasteiger charge is 2.12. The molecule has 0 N–H and O–H groups in total. The lowest BCUT2D eigenvalue weighted by atomic mass is 10.2. The van der Waals surface area contributed by atoms with Crippen molar-refractivity contribution in [2.24, 2.45) is 0 Å². The van der Waals surface area contributed by atoms with E-state index in [0.29, 0.717) is 12.8 Å². The van der Waals surface area contributed by atoms with Crippen molar-refractivity contribution in [3.63, 3.8) is 0 Å². The Kier molecular flexibility index (Phi) is 5.53. The molecule has 0 unspecified atom stereocenters. The summed E-state index contributed by atoms with van der Waals surface area (Å²) >= 11 is 0. The Labute approximate surface area is 82.0 Å². The zero-order valence-corrected chi connectivity index (χ0v) is 9.76. The van der Waals surface area contributed by atoms with Crippen LogP contribution in [-0.4, -0.2) is 30.0 Å². The fourth-order valence-corrected chi connectivity index (χ4v) is 0.876. The first-order chi connectivity index (χ1) is 5.87. The van der Waals surface area contributed by atoms with E-state index in [-0.39, 0.29) is 5.60 Å². The topological polar surface area (TPSA) is 21.7 Å². The molecule has 0 aromatic carbocycles. The number of ether oxygens (including phenoxy) is 1. The van der Waals surface area contributed by atoms with Crippen LogP contribution >= 0.6 is 0 Å². The fourth-order valence-electron chi connectivity index (χ4n) is 0.876. The van der Waals surface area contributed by atoms with Crippen LogP contribution in [0.1, 0.15) is 41.5 Å². The van der Waals surface area contributed by atoms with E-state index in [1.54, 1.807) is 0 Å². The van der Waals surface area contributed by atoms with Gasteiger partial charge < -0.3 is 4.74 Å². The molecule has 0 radical (unpaired) electrons. The molecule has 3 heteroatoms. The zero-order valence-electron chi connectivity index (χ0n) is 9.76. The number of hydrogen-bond donors (Lipinski definition) is 0. The summed E-state index contributed by atoms with van der Waals surface area (Å²) in [5.41, 5.74) is -0.129. The molecule has 0 aliphatic heterocycles. The Bertz CT molecular complexity index is 129. The number of hydrogen-bond acceptors (Lipinski definition) is 3. The van der Waals surface area contributed by atoms with Gasteiger partial charge in [0, 0.05) is 12.6 Å². The van der Waals surface area contributed by atoms with Crippen LogP contribution in [0.3, 0.4) is 0 Å². The molecule has 0 rings (SSSR count). The predicted octanol–water partition coefficient (Wildman–Crippen LogP) is 2.42. The van der Waals surface area contributed by atoms with Crippen molar-refractivity contribution in [3.8, 4) is 0 Å². The average Bonchev–Trinajstić information content (AvgIpc) is 1.95. The van der Waals surface area contributed by atoms with Gasteiger partial charge in [-0.15, -0.1) is 0 Å². The summed E-state index contributed by atoms with van der Waals surface area (Å²) < 4.78 is 5.45. The van der Waals surface area contributed by atoms with Crippen LogP contribution in [0.15, 0.2) is 0 Å². The standard InChI is InChI=1S/C10H23NO2/c1-7-11(9(2)3)13-8-12-10(4,5)6/h9H,7-8H2,1-6H3. The maximum absolute atomic E-state index is 5.45. The Morgan fingerprint density at radius 3 is 2.08 bits per heavy atom. The first kappa shape index (κ1) is 12.9. The van der Waals surface area contributed by atoms with E-state index in [2.05, 4.69) is 20.8 Å². The summed E-state index contributed by atoms with van der Waals surface area (Å²) in [5, 5.41) is 1.91. The first-order valence-electron chi connectivity index (χ1n) is 4.90. The lowest BCUT2D eigenvalue weighted by Crippen LogP contribution is -2.33. The van der Waals surface area contributed by atoms with Gasteiger partial charge in [-0.3, -0.25) is 4.84 Å². The third-order valence-electron chi connectivity index (χ3n) is 1.60. The Morgan fingerprint density at radius 1 is 1.23 bits per heavy atom. The summed E-state index contributed by atoms with van der Waals surface area (Å²) in [7, 11) is 0. The van der Waals surface area contributed by atoms with Gasteiger partial charge in [-0.25, -0.2) is 0 Å². The highest BCUT2D eigenvalue weighted by molar-refractivity contribution is 4.56. The Morgan fingerprint density at radius 2 is 1.77 bits per heavy atom. The van der Waals surface area contributed by atoms with Crippen molar-refractivity contribution in [1.82, 2.24) is 5.06 Å². The molecule has 0 aliphatic carbocycles. The lowest BCUT2D eigenvalue weighted by molar-refractivity contribution is -0.257. The van der Waals surface area contributed by atoms with Crippen LogP contribution < -0.4 is 0 Å². The molecule has 0 fully saturated rings. The maximum atomic E-state index is 5.45. The molecular formula is C10H23NO2. The third kappa shape index (κ3) is 6.99. The van der Waals surface area contributed by atoms with Gasteiger partial charge in [-0.2, -0.15) is 5.06 Å². The van der Waals surface area contributed by atoms with E-state index in [9.17, 15) is 0 Å². The maximum Gasteiger partial charge on any atom is 0.167 e. The molecule has 3 nitrogen and oxygen atoms in total. The zero-order chi connectivity index (χ0) is 10.5. The van der Waals surface area contributed by atoms with Crippen LogP contribution in [0, 0.1) is 0 Å². The average molecular weight is 189 g/mol. The Balaban J connectivity index is 3.62. The van der Waals surface area contributed by atoms with E-state index in [1.807, 2.05) is 25.8 Å². The summed E-state index contributed by atoms with van der Waals surface area (Å²) in [4.78, 5) is 5.44. The first-order valence-corrected chi connectivity index (χ1v) is 4.90. The highest BCUT2D eigenvalue weighted by atomic mass is 16.8. The van der Waals surface area contributed by atoms with E-state index in [4.69, 9.17) is 9.57 Å². The molecule has 0 saturated heterocycles. The van der Waals surface area contributed by atoms with Crippen molar-refractivity contribution in [2.75, 3.05) is 13.3 Å². The van der Waals surface area contributed by atoms with Gasteiger partial charge in [0.15, 0.2) is 6.79 Å². The van der Waals surface area contributed by atoms with Gasteiger partial charge >= 0.3 is 0 Å². The van der Waals surface area contributed by atoms with Gasteiger partial charge in [0.1, 0.15) is 0 Å². The minimum absolute atomic E-state index is 0.129. The SMILES string of the molecule is CCN(OCOC(C)(C)C)C(C)C. The van der Waals surface area contributed by atoms with E-state index < -0.39 is 0 Å². The smallest absolute Gasteiger partial charge is 0.167 e. The van der Waals surface area contributed by atoms with Crippen molar-refractivity contribution >= 4 is 0 Å². The third-order valence-corrected chi connectivity index (χ3v) is 1.60. The molecular weight excluding hydrogens is 166 g/mol. The molecule has 13 heavy (non-hydrogen) atoms. The number of hydroxylamine groups is 2. The molecule has 0 amide bonds. The van der Waals surface area contributed by atoms with Crippen LogP contribution in [0.2, 0.25) is 0 Å². The molecule has 0 aromatic heterocycles. The molecule has 80 valence electrons. The van der Waals surface area contributed by atoms with Crippen molar-refractivity contribution in [3.05, 3.63) is 0 Å². The van der Waals surface area contributed by atoms with Gasteiger partial charge in [0.25, 0.3) is 0 Å². The predicted molar refractivity (Wildman–Crippen MR) is 54.3 cm³/mol. The van der Waals surface area contributed by atoms with Gasteiger partial charge in [-0.1, -0.05) is 6.92 Å². The summed E-state index contributed by atoms with van der Waals surface area (Å²) in [6, 6.07) is 0.397. The van der Waals surface area contributed by atoms with Gasteiger partial charge in [0.2, 0.25) is 0 Å². The second-order valence-electron chi connectivity index (χ2n) is 4.33. The van der Waals surface area contributed by atoms with Crippen LogP contribution in [-0.2, 0) is 9.57 Å². The monoisotopic (exact) mass is 189 g/mol. The van der Waals surface area contributed by atoms with Crippen LogP contribution in [0.25, 0.3) is 0 Å². The quantitative estimate of drug-likeness (QED) is 0.489. The lowest BCUT2D eigenvalue weighted by Gasteiger charge is -2.26. The number of nitrogens with zero attached hydrogens (tertiary/aromatic N) is 1. The minimum Gasteiger partial charge on any atom is -0.348 e.